The van der Waals surface area contributed by atoms with Gasteiger partial charge in [-0.3, -0.25) is 25.0 Å². The number of nitrogens with one attached hydrogen (secondary N) is 2. The number of carbonyl (C=O) groups is 1. The lowest BCUT2D eigenvalue weighted by Gasteiger charge is -2.15. The van der Waals surface area contributed by atoms with Gasteiger partial charge in [0.2, 0.25) is 5.82 Å². The molecule has 1 aliphatic rings. The van der Waals surface area contributed by atoms with Crippen molar-refractivity contribution in [2.24, 2.45) is 0 Å². The number of anilines is 1. The van der Waals surface area contributed by atoms with E-state index >= 15 is 0 Å². The summed E-state index contributed by atoms with van der Waals surface area (Å²) in [4.78, 5) is 32.1. The van der Waals surface area contributed by atoms with Crippen LogP contribution in [0.3, 0.4) is 0 Å². The van der Waals surface area contributed by atoms with Crippen LogP contribution in [0.1, 0.15) is 16.4 Å². The fourth-order valence-corrected chi connectivity index (χ4v) is 2.53. The Hall–Kier alpha value is -3.57. The topological polar surface area (TPSA) is 158 Å². The molecule has 130 valence electrons. The van der Waals surface area contributed by atoms with E-state index in [0.29, 0.717) is 31.9 Å². The monoisotopic (exact) mass is 347 g/mol. The summed E-state index contributed by atoms with van der Waals surface area (Å²) in [6.07, 6.45) is 0.383. The number of rotatable bonds is 6. The number of amides is 1. The molecule has 2 N–H and O–H groups in total. The van der Waals surface area contributed by atoms with Gasteiger partial charge in [0.05, 0.1) is 15.9 Å². The van der Waals surface area contributed by atoms with Gasteiger partial charge in [-0.1, -0.05) is 0 Å². The molecule has 2 heterocycles. The first-order valence-corrected chi connectivity index (χ1v) is 7.34. The number of aromatic nitrogens is 3. The number of carbonyl (C=O) groups excluding carboxylic acids is 1. The molecule has 1 amide bonds. The van der Waals surface area contributed by atoms with Crippen molar-refractivity contribution < 1.29 is 14.6 Å². The van der Waals surface area contributed by atoms with Gasteiger partial charge in [0.15, 0.2) is 0 Å². The molecular weight excluding hydrogens is 334 g/mol. The number of non-ortho nitro benzene ring substituents is 1. The lowest BCUT2D eigenvalue weighted by Crippen LogP contribution is -2.36. The molecule has 0 bridgehead atoms. The van der Waals surface area contributed by atoms with Crippen molar-refractivity contribution in [1.82, 2.24) is 20.1 Å². The standard InChI is InChI=1S/C13H13N7O5/c21-13-12-17-16-11(18(12)6-5-15-13)3-4-14-9-2-1-8(19(22)23)7-10(9)20(24)25/h1-2,7,14H,3-6H2,(H,15,21). The van der Waals surface area contributed by atoms with Gasteiger partial charge >= 0.3 is 0 Å². The maximum absolute atomic E-state index is 11.6. The Morgan fingerprint density at radius 2 is 2.04 bits per heavy atom. The minimum atomic E-state index is -0.690. The van der Waals surface area contributed by atoms with Crippen LogP contribution in [0.25, 0.3) is 0 Å². The number of fused-ring (bicyclic) bond motifs is 1. The third kappa shape index (κ3) is 3.22. The first-order valence-electron chi connectivity index (χ1n) is 7.34. The molecule has 1 aromatic carbocycles. The predicted molar refractivity (Wildman–Crippen MR) is 84.3 cm³/mol. The van der Waals surface area contributed by atoms with E-state index in [1.165, 1.54) is 12.1 Å². The number of benzene rings is 1. The lowest BCUT2D eigenvalue weighted by molar-refractivity contribution is -0.393. The van der Waals surface area contributed by atoms with Crippen LogP contribution in [-0.2, 0) is 13.0 Å². The zero-order valence-electron chi connectivity index (χ0n) is 12.8. The Morgan fingerprint density at radius 3 is 2.76 bits per heavy atom. The van der Waals surface area contributed by atoms with E-state index < -0.39 is 9.85 Å². The number of nitro benzene ring substituents is 2. The van der Waals surface area contributed by atoms with Crippen molar-refractivity contribution >= 4 is 23.0 Å². The highest BCUT2D eigenvalue weighted by atomic mass is 16.6. The van der Waals surface area contributed by atoms with Crippen LogP contribution in [0, 0.1) is 20.2 Å². The van der Waals surface area contributed by atoms with Gasteiger partial charge in [-0.2, -0.15) is 0 Å². The van der Waals surface area contributed by atoms with Crippen LogP contribution < -0.4 is 10.6 Å². The van der Waals surface area contributed by atoms with E-state index in [0.717, 1.165) is 6.07 Å². The minimum absolute atomic E-state index is 0.173. The van der Waals surface area contributed by atoms with Crippen LogP contribution in [0.2, 0.25) is 0 Å². The smallest absolute Gasteiger partial charge is 0.299 e. The van der Waals surface area contributed by atoms with E-state index in [2.05, 4.69) is 20.8 Å². The van der Waals surface area contributed by atoms with Crippen molar-refractivity contribution in [2.45, 2.75) is 13.0 Å². The predicted octanol–water partition coefficient (Wildman–Crippen LogP) is 0.492. The largest absolute Gasteiger partial charge is 0.379 e. The third-order valence-corrected chi connectivity index (χ3v) is 3.70. The summed E-state index contributed by atoms with van der Waals surface area (Å²) in [6, 6.07) is 3.40. The molecule has 1 aromatic heterocycles. The number of nitro groups is 2. The molecular formula is C13H13N7O5. The van der Waals surface area contributed by atoms with Crippen LogP contribution in [0.4, 0.5) is 17.1 Å². The number of hydrogen-bond donors (Lipinski definition) is 2. The normalized spacial score (nSPS) is 13.0. The van der Waals surface area contributed by atoms with Crippen molar-refractivity contribution in [3.05, 3.63) is 50.1 Å². The van der Waals surface area contributed by atoms with Crippen molar-refractivity contribution in [3.63, 3.8) is 0 Å². The van der Waals surface area contributed by atoms with Gasteiger partial charge in [-0.25, -0.2) is 0 Å². The van der Waals surface area contributed by atoms with Gasteiger partial charge in [0, 0.05) is 32.1 Å². The van der Waals surface area contributed by atoms with Crippen LogP contribution in [-0.4, -0.2) is 43.6 Å². The quantitative estimate of drug-likeness (QED) is 0.564. The van der Waals surface area contributed by atoms with E-state index in [4.69, 9.17) is 0 Å². The Balaban J connectivity index is 1.71. The summed E-state index contributed by atoms with van der Waals surface area (Å²) in [5, 5.41) is 35.1. The second-order valence-corrected chi connectivity index (χ2v) is 5.24. The Bertz CT molecular complexity index is 862. The molecule has 0 fully saturated rings. The molecule has 0 atom stereocenters. The minimum Gasteiger partial charge on any atom is -0.379 e. The molecule has 2 aromatic rings. The van der Waals surface area contributed by atoms with Gasteiger partial charge < -0.3 is 15.2 Å². The highest BCUT2D eigenvalue weighted by molar-refractivity contribution is 5.91. The third-order valence-electron chi connectivity index (χ3n) is 3.70. The maximum Gasteiger partial charge on any atom is 0.299 e. The van der Waals surface area contributed by atoms with Crippen LogP contribution in [0.5, 0.6) is 0 Å². The second kappa shape index (κ2) is 6.51. The number of nitrogens with zero attached hydrogens (tertiary/aromatic N) is 5. The molecule has 25 heavy (non-hydrogen) atoms. The van der Waals surface area contributed by atoms with Gasteiger partial charge in [-0.15, -0.1) is 10.2 Å². The fraction of sp³-hybridized carbons (Fsp3) is 0.308. The molecule has 0 radical (unpaired) electrons. The van der Waals surface area contributed by atoms with Crippen LogP contribution in [0.15, 0.2) is 18.2 Å². The van der Waals surface area contributed by atoms with E-state index in [-0.39, 0.29) is 28.8 Å². The maximum atomic E-state index is 11.6. The summed E-state index contributed by atoms with van der Waals surface area (Å²) in [7, 11) is 0. The van der Waals surface area contributed by atoms with Crippen molar-refractivity contribution in [2.75, 3.05) is 18.4 Å². The summed E-state index contributed by atoms with van der Waals surface area (Å²) in [5.41, 5.74) is -0.557. The van der Waals surface area contributed by atoms with Crippen LogP contribution >= 0.6 is 0 Å². The summed E-state index contributed by atoms with van der Waals surface area (Å²) in [6.45, 7) is 1.33. The molecule has 0 unspecified atom stereocenters. The SMILES string of the molecule is O=C1NCCn2c(CCNc3ccc([N+](=O)[O-])cc3[N+](=O)[O-])nnc21. The second-order valence-electron chi connectivity index (χ2n) is 5.24. The van der Waals surface area contributed by atoms with E-state index in [9.17, 15) is 25.0 Å². The molecule has 0 saturated heterocycles. The molecule has 12 nitrogen and oxygen atoms in total. The lowest BCUT2D eigenvalue weighted by atomic mass is 10.2. The van der Waals surface area contributed by atoms with Gasteiger partial charge in [0.1, 0.15) is 11.5 Å². The molecule has 0 aliphatic carbocycles. The highest BCUT2D eigenvalue weighted by Gasteiger charge is 2.23. The average Bonchev–Trinajstić information content (AvgIpc) is 2.99. The van der Waals surface area contributed by atoms with E-state index in [1.807, 2.05) is 0 Å². The summed E-state index contributed by atoms with van der Waals surface area (Å²) in [5.74, 6) is 0.536. The summed E-state index contributed by atoms with van der Waals surface area (Å²) >= 11 is 0. The fourth-order valence-electron chi connectivity index (χ4n) is 2.53. The molecule has 12 heteroatoms. The molecule has 0 spiro atoms. The summed E-state index contributed by atoms with van der Waals surface area (Å²) < 4.78 is 1.70. The zero-order valence-corrected chi connectivity index (χ0v) is 12.8. The van der Waals surface area contributed by atoms with E-state index in [1.54, 1.807) is 4.57 Å². The average molecular weight is 347 g/mol. The zero-order chi connectivity index (χ0) is 18.0. The highest BCUT2D eigenvalue weighted by Crippen LogP contribution is 2.28. The molecule has 3 rings (SSSR count). The first-order chi connectivity index (χ1) is 12.0. The van der Waals surface area contributed by atoms with Crippen molar-refractivity contribution in [1.29, 1.82) is 0 Å². The number of hydrogen-bond acceptors (Lipinski definition) is 8. The Labute approximate surface area is 140 Å². The van der Waals surface area contributed by atoms with Gasteiger partial charge in [-0.05, 0) is 6.07 Å². The Morgan fingerprint density at radius 1 is 1.24 bits per heavy atom. The first kappa shape index (κ1) is 16.3. The molecule has 0 saturated carbocycles. The van der Waals surface area contributed by atoms with Gasteiger partial charge in [0.25, 0.3) is 17.3 Å². The Kier molecular flexibility index (Phi) is 4.24. The molecule has 1 aliphatic heterocycles. The van der Waals surface area contributed by atoms with Crippen molar-refractivity contribution in [3.8, 4) is 0 Å².